The molecule has 3 aromatic rings. The summed E-state index contributed by atoms with van der Waals surface area (Å²) in [4.78, 5) is 17.9. The smallest absolute Gasteiger partial charge is 0.227 e. The van der Waals surface area contributed by atoms with Gasteiger partial charge in [-0.2, -0.15) is 0 Å². The Bertz CT molecular complexity index is 1160. The van der Waals surface area contributed by atoms with Crippen molar-refractivity contribution in [3.8, 4) is 17.2 Å². The second-order valence-corrected chi connectivity index (χ2v) is 9.17. The fraction of sp³-hybridized carbons (Fsp3) is 0.296. The third kappa shape index (κ3) is 6.19. The number of anilines is 1. The number of piperazine rings is 1. The van der Waals surface area contributed by atoms with Crippen LogP contribution in [0.15, 0.2) is 71.6 Å². The number of rotatable bonds is 8. The SMILES string of the molecule is COc1ccc(CC(=O)N2CCN(c3ccc(OSc4cccc(F)c4)cc3)CC2C)cc1OC. The third-order valence-electron chi connectivity index (χ3n) is 5.98. The Balaban J connectivity index is 1.31. The lowest BCUT2D eigenvalue weighted by atomic mass is 10.1. The van der Waals surface area contributed by atoms with Crippen LogP contribution in [0.3, 0.4) is 0 Å². The van der Waals surface area contributed by atoms with Gasteiger partial charge in [0.05, 0.1) is 37.6 Å². The van der Waals surface area contributed by atoms with E-state index >= 15 is 0 Å². The van der Waals surface area contributed by atoms with E-state index in [0.29, 0.717) is 35.1 Å². The molecule has 1 atom stereocenters. The Labute approximate surface area is 209 Å². The van der Waals surface area contributed by atoms with Crippen LogP contribution in [0.25, 0.3) is 0 Å². The van der Waals surface area contributed by atoms with Gasteiger partial charge in [0.1, 0.15) is 11.6 Å². The molecule has 0 bridgehead atoms. The van der Waals surface area contributed by atoms with Crippen LogP contribution in [0.5, 0.6) is 17.2 Å². The Morgan fingerprint density at radius 2 is 1.77 bits per heavy atom. The van der Waals surface area contributed by atoms with Crippen molar-refractivity contribution in [1.82, 2.24) is 4.90 Å². The van der Waals surface area contributed by atoms with Crippen molar-refractivity contribution in [3.05, 3.63) is 78.1 Å². The van der Waals surface area contributed by atoms with Gasteiger partial charge < -0.3 is 23.5 Å². The quantitative estimate of drug-likeness (QED) is 0.399. The molecular weight excluding hydrogens is 467 g/mol. The van der Waals surface area contributed by atoms with E-state index in [2.05, 4.69) is 11.8 Å². The molecule has 4 rings (SSSR count). The van der Waals surface area contributed by atoms with Crippen molar-refractivity contribution in [3.63, 3.8) is 0 Å². The van der Waals surface area contributed by atoms with E-state index in [1.54, 1.807) is 26.4 Å². The number of hydrogen-bond acceptors (Lipinski definition) is 6. The van der Waals surface area contributed by atoms with Gasteiger partial charge in [-0.15, -0.1) is 0 Å². The number of carbonyl (C=O) groups is 1. The van der Waals surface area contributed by atoms with Gasteiger partial charge in [-0.05, 0) is 67.1 Å². The summed E-state index contributed by atoms with van der Waals surface area (Å²) in [6.07, 6.45) is 0.319. The molecule has 3 aromatic carbocycles. The van der Waals surface area contributed by atoms with Gasteiger partial charge >= 0.3 is 0 Å². The number of methoxy groups -OCH3 is 2. The lowest BCUT2D eigenvalue weighted by molar-refractivity contribution is -0.132. The number of halogens is 1. The van der Waals surface area contributed by atoms with Gasteiger partial charge in [0.2, 0.25) is 5.91 Å². The van der Waals surface area contributed by atoms with Crippen molar-refractivity contribution in [2.45, 2.75) is 24.3 Å². The normalized spacial score (nSPS) is 15.6. The summed E-state index contributed by atoms with van der Waals surface area (Å²) in [5, 5.41) is 0. The highest BCUT2D eigenvalue weighted by Gasteiger charge is 2.27. The molecule has 1 aliphatic rings. The van der Waals surface area contributed by atoms with E-state index in [1.165, 1.54) is 12.1 Å². The zero-order valence-corrected chi connectivity index (χ0v) is 20.9. The van der Waals surface area contributed by atoms with E-state index < -0.39 is 0 Å². The van der Waals surface area contributed by atoms with Crippen LogP contribution >= 0.6 is 12.0 Å². The van der Waals surface area contributed by atoms with Crippen molar-refractivity contribution in [2.24, 2.45) is 0 Å². The maximum absolute atomic E-state index is 13.3. The molecule has 1 saturated heterocycles. The van der Waals surface area contributed by atoms with E-state index in [-0.39, 0.29) is 17.8 Å². The topological polar surface area (TPSA) is 51.2 Å². The molecule has 6 nitrogen and oxygen atoms in total. The maximum atomic E-state index is 13.3. The van der Waals surface area contributed by atoms with Crippen LogP contribution in [-0.2, 0) is 11.2 Å². The van der Waals surface area contributed by atoms with Crippen molar-refractivity contribution in [2.75, 3.05) is 38.8 Å². The molecule has 1 amide bonds. The molecule has 1 fully saturated rings. The highest BCUT2D eigenvalue weighted by atomic mass is 32.2. The first-order valence-corrected chi connectivity index (χ1v) is 12.2. The number of amides is 1. The van der Waals surface area contributed by atoms with E-state index in [0.717, 1.165) is 36.4 Å². The van der Waals surface area contributed by atoms with Crippen LogP contribution in [0.4, 0.5) is 10.1 Å². The molecule has 35 heavy (non-hydrogen) atoms. The predicted molar refractivity (Wildman–Crippen MR) is 136 cm³/mol. The molecule has 0 N–H and O–H groups in total. The average Bonchev–Trinajstić information content (AvgIpc) is 2.87. The van der Waals surface area contributed by atoms with Gasteiger partial charge in [0.25, 0.3) is 0 Å². The minimum Gasteiger partial charge on any atom is -0.493 e. The number of carbonyl (C=O) groups excluding carboxylic acids is 1. The monoisotopic (exact) mass is 496 g/mol. The van der Waals surface area contributed by atoms with Crippen molar-refractivity contribution < 1.29 is 22.8 Å². The molecule has 1 unspecified atom stereocenters. The van der Waals surface area contributed by atoms with E-state index in [4.69, 9.17) is 13.7 Å². The summed E-state index contributed by atoms with van der Waals surface area (Å²) < 4.78 is 29.7. The second-order valence-electron chi connectivity index (χ2n) is 8.37. The second kappa shape index (κ2) is 11.4. The highest BCUT2D eigenvalue weighted by Crippen LogP contribution is 2.29. The molecular formula is C27H29FN2O4S. The Morgan fingerprint density at radius 3 is 2.46 bits per heavy atom. The van der Waals surface area contributed by atoms with Crippen LogP contribution in [0.1, 0.15) is 12.5 Å². The minimum atomic E-state index is -0.288. The summed E-state index contributed by atoms with van der Waals surface area (Å²) in [6.45, 7) is 4.23. The summed E-state index contributed by atoms with van der Waals surface area (Å²) >= 11 is 1.13. The zero-order chi connectivity index (χ0) is 24.8. The molecule has 0 aliphatic carbocycles. The van der Waals surface area contributed by atoms with E-state index in [1.807, 2.05) is 47.4 Å². The van der Waals surface area contributed by atoms with Crippen LogP contribution in [-0.4, -0.2) is 50.7 Å². The summed E-state index contributed by atoms with van der Waals surface area (Å²) in [5.74, 6) is 1.78. The molecule has 184 valence electrons. The molecule has 1 heterocycles. The Kier molecular flexibility index (Phi) is 8.02. The third-order valence-corrected chi connectivity index (χ3v) is 6.71. The molecule has 0 radical (unpaired) electrons. The fourth-order valence-corrected chi connectivity index (χ4v) is 4.76. The molecule has 8 heteroatoms. The van der Waals surface area contributed by atoms with Crippen LogP contribution in [0.2, 0.25) is 0 Å². The number of ether oxygens (including phenoxy) is 2. The summed E-state index contributed by atoms with van der Waals surface area (Å²) in [7, 11) is 3.18. The Morgan fingerprint density at radius 1 is 1.00 bits per heavy atom. The average molecular weight is 497 g/mol. The van der Waals surface area contributed by atoms with Crippen molar-refractivity contribution >= 4 is 23.6 Å². The summed E-state index contributed by atoms with van der Waals surface area (Å²) in [6, 6.07) is 19.8. The number of hydrogen-bond donors (Lipinski definition) is 0. The Hall–Kier alpha value is -3.39. The fourth-order valence-electron chi connectivity index (χ4n) is 4.16. The minimum absolute atomic E-state index is 0.0795. The number of nitrogens with zero attached hydrogens (tertiary/aromatic N) is 2. The molecule has 0 saturated carbocycles. The largest absolute Gasteiger partial charge is 0.493 e. The van der Waals surface area contributed by atoms with Gasteiger partial charge in [0.15, 0.2) is 11.5 Å². The van der Waals surface area contributed by atoms with Crippen LogP contribution in [0, 0.1) is 5.82 Å². The summed E-state index contributed by atoms with van der Waals surface area (Å²) in [5.41, 5.74) is 1.97. The lowest BCUT2D eigenvalue weighted by Crippen LogP contribution is -2.54. The van der Waals surface area contributed by atoms with Gasteiger partial charge in [0, 0.05) is 31.4 Å². The standard InChI is InChI=1S/C27H29FN2O4S/c1-19-18-29(22-8-10-23(11-9-22)34-35-24-6-4-5-21(28)17-24)13-14-30(19)27(31)16-20-7-12-25(32-2)26(15-20)33-3/h4-12,15,17,19H,13-14,16,18H2,1-3H3. The van der Waals surface area contributed by atoms with Gasteiger partial charge in [-0.1, -0.05) is 12.1 Å². The highest BCUT2D eigenvalue weighted by molar-refractivity contribution is 7.95. The number of benzene rings is 3. The zero-order valence-electron chi connectivity index (χ0n) is 20.1. The lowest BCUT2D eigenvalue weighted by Gasteiger charge is -2.41. The maximum Gasteiger partial charge on any atom is 0.227 e. The first-order chi connectivity index (χ1) is 17.0. The van der Waals surface area contributed by atoms with Gasteiger partial charge in [-0.25, -0.2) is 4.39 Å². The predicted octanol–water partition coefficient (Wildman–Crippen LogP) is 5.21. The first-order valence-electron chi connectivity index (χ1n) is 11.4. The molecule has 1 aliphatic heterocycles. The first kappa shape index (κ1) is 24.7. The molecule has 0 aromatic heterocycles. The van der Waals surface area contributed by atoms with Crippen molar-refractivity contribution in [1.29, 1.82) is 0 Å². The molecule has 0 spiro atoms. The van der Waals surface area contributed by atoms with E-state index in [9.17, 15) is 9.18 Å². The van der Waals surface area contributed by atoms with Crippen LogP contribution < -0.4 is 18.6 Å². The van der Waals surface area contributed by atoms with Gasteiger partial charge in [-0.3, -0.25) is 4.79 Å².